The minimum absolute atomic E-state index is 0. The van der Waals surface area contributed by atoms with Gasteiger partial charge in [-0.05, 0) is 0 Å². The maximum absolute atomic E-state index is 9.01. The summed E-state index contributed by atoms with van der Waals surface area (Å²) in [6, 6.07) is 0. The molecule has 4 nitrogen and oxygen atoms in total. The Morgan fingerprint density at radius 1 is 1.40 bits per heavy atom. The van der Waals surface area contributed by atoms with Crippen LogP contribution in [0.1, 0.15) is 20.8 Å². The van der Waals surface area contributed by atoms with Crippen LogP contribution in [0.25, 0.3) is 0 Å². The van der Waals surface area contributed by atoms with Crippen molar-refractivity contribution in [1.82, 2.24) is 0 Å². The van der Waals surface area contributed by atoms with Crippen LogP contribution in [-0.4, -0.2) is 14.0 Å². The molecule has 0 aromatic carbocycles. The van der Waals surface area contributed by atoms with E-state index in [4.69, 9.17) is 14.0 Å². The maximum Gasteiger partial charge on any atom is 1.00 e. The predicted octanol–water partition coefficient (Wildman–Crippen LogP) is -1.76. The maximum atomic E-state index is 9.01. The van der Waals surface area contributed by atoms with Gasteiger partial charge in [-0.15, -0.1) is 4.33 Å². The van der Waals surface area contributed by atoms with Crippen molar-refractivity contribution in [2.75, 3.05) is 0 Å². The van der Waals surface area contributed by atoms with Crippen molar-refractivity contribution in [3.63, 3.8) is 0 Å². The van der Waals surface area contributed by atoms with E-state index in [1.807, 2.05) is 0 Å². The Kier molecular flexibility index (Phi) is 21.8. The molecule has 0 amide bonds. The Labute approximate surface area is 85.7 Å². The molecule has 10 heavy (non-hydrogen) atoms. The minimum Gasteiger partial charge on any atom is -0.323 e. The van der Waals surface area contributed by atoms with E-state index in [2.05, 4.69) is 25.1 Å². The molecule has 0 saturated heterocycles. The summed E-state index contributed by atoms with van der Waals surface area (Å²) in [5.74, 6) is 1.42. The van der Waals surface area contributed by atoms with E-state index in [-0.39, 0.29) is 29.6 Å². The molecular formula is C4H11NaO4S. The van der Waals surface area contributed by atoms with Gasteiger partial charge in [0.25, 0.3) is 0 Å². The average Bonchev–Trinajstić information content (AvgIpc) is 1.65. The molecule has 0 spiro atoms. The van der Waals surface area contributed by atoms with Gasteiger partial charge in [-0.3, -0.25) is 4.55 Å². The smallest absolute Gasteiger partial charge is 0.323 e. The second-order valence-electron chi connectivity index (χ2n) is 1.79. The van der Waals surface area contributed by atoms with Gasteiger partial charge in [0.1, 0.15) is 0 Å². The van der Waals surface area contributed by atoms with E-state index < -0.39 is 11.4 Å². The Morgan fingerprint density at radius 2 is 1.50 bits per heavy atom. The molecular weight excluding hydrogens is 167 g/mol. The molecule has 0 aliphatic rings. The fourth-order valence-corrected chi connectivity index (χ4v) is 0. The van der Waals surface area contributed by atoms with Crippen LogP contribution in [0.4, 0.5) is 0 Å². The van der Waals surface area contributed by atoms with Crippen LogP contribution < -0.4 is 29.6 Å². The largest absolute Gasteiger partial charge is 1.00 e. The van der Waals surface area contributed by atoms with Crippen molar-refractivity contribution >= 4 is 11.4 Å². The standard InChI is InChI=1S/C4H9.Na.H2O4S/c1-4(2)3;;1-4-5(2)3/h1-3H3;;1H,(H,2,3)/q-1;+1;. The molecule has 2 N–H and O–H groups in total. The van der Waals surface area contributed by atoms with Crippen molar-refractivity contribution in [3.05, 3.63) is 5.92 Å². The molecule has 0 rings (SSSR count). The summed E-state index contributed by atoms with van der Waals surface area (Å²) in [7, 11) is 0. The summed E-state index contributed by atoms with van der Waals surface area (Å²) < 4.78 is 19.1. The summed E-state index contributed by atoms with van der Waals surface area (Å²) in [6.45, 7) is 6.25. The molecule has 1 unspecified atom stereocenters. The first-order valence-electron chi connectivity index (χ1n) is 2.20. The van der Waals surface area contributed by atoms with Crippen LogP contribution in [0.5, 0.6) is 0 Å². The summed E-state index contributed by atoms with van der Waals surface area (Å²) in [5, 5.41) is 7.09. The zero-order valence-corrected chi connectivity index (χ0v) is 9.44. The van der Waals surface area contributed by atoms with E-state index in [9.17, 15) is 0 Å². The molecule has 0 bridgehead atoms. The van der Waals surface area contributed by atoms with E-state index >= 15 is 0 Å². The van der Waals surface area contributed by atoms with Gasteiger partial charge in [0.15, 0.2) is 0 Å². The van der Waals surface area contributed by atoms with Gasteiger partial charge >= 0.3 is 40.9 Å². The zero-order chi connectivity index (χ0) is 7.86. The Bertz CT molecular complexity index is 74.9. The van der Waals surface area contributed by atoms with E-state index in [1.165, 1.54) is 5.92 Å². The molecule has 0 aromatic heterocycles. The van der Waals surface area contributed by atoms with Crippen molar-refractivity contribution in [2.45, 2.75) is 20.8 Å². The van der Waals surface area contributed by atoms with Gasteiger partial charge in [0.2, 0.25) is 0 Å². The third-order valence-electron chi connectivity index (χ3n) is 0.0638. The normalized spacial score (nSPS) is 11.0. The SMILES string of the molecule is C[C-](C)C.O=S(O)OO.[Na+]. The van der Waals surface area contributed by atoms with Crippen molar-refractivity contribution in [2.24, 2.45) is 0 Å². The quantitative estimate of drug-likeness (QED) is 0.164. The number of hydrogen-bond donors (Lipinski definition) is 2. The molecule has 6 heteroatoms. The molecule has 0 aromatic rings. The van der Waals surface area contributed by atoms with Crippen LogP contribution in [-0.2, 0) is 15.7 Å². The first kappa shape index (κ1) is 17.2. The van der Waals surface area contributed by atoms with Gasteiger partial charge in [0.05, 0.1) is 0 Å². The minimum atomic E-state index is -2.52. The predicted molar refractivity (Wildman–Crippen MR) is 34.7 cm³/mol. The van der Waals surface area contributed by atoms with Gasteiger partial charge in [-0.2, -0.15) is 25.0 Å². The van der Waals surface area contributed by atoms with Gasteiger partial charge in [-0.1, -0.05) is 0 Å². The molecule has 0 fully saturated rings. The Hall–Kier alpha value is 1.03. The van der Waals surface area contributed by atoms with Crippen molar-refractivity contribution in [3.8, 4) is 0 Å². The number of rotatable bonds is 1. The second-order valence-corrected chi connectivity index (χ2v) is 2.37. The molecule has 0 saturated carbocycles. The van der Waals surface area contributed by atoms with Crippen LogP contribution in [0.2, 0.25) is 0 Å². The topological polar surface area (TPSA) is 66.8 Å². The van der Waals surface area contributed by atoms with E-state index in [0.29, 0.717) is 0 Å². The summed E-state index contributed by atoms with van der Waals surface area (Å²) in [5.41, 5.74) is 0. The van der Waals surface area contributed by atoms with Crippen LogP contribution >= 0.6 is 0 Å². The monoisotopic (exact) mass is 178 g/mol. The summed E-state index contributed by atoms with van der Waals surface area (Å²) in [4.78, 5) is 0. The van der Waals surface area contributed by atoms with Gasteiger partial charge in [0, 0.05) is 0 Å². The zero-order valence-electron chi connectivity index (χ0n) is 6.62. The Balaban J connectivity index is -0.0000000910. The Morgan fingerprint density at radius 3 is 1.50 bits per heavy atom. The van der Waals surface area contributed by atoms with Gasteiger partial charge < -0.3 is 5.92 Å². The summed E-state index contributed by atoms with van der Waals surface area (Å²) in [6.07, 6.45) is 0. The van der Waals surface area contributed by atoms with Crippen LogP contribution in [0, 0.1) is 5.92 Å². The molecule has 1 atom stereocenters. The molecule has 0 radical (unpaired) electrons. The fourth-order valence-electron chi connectivity index (χ4n) is 0. The fraction of sp³-hybridized carbons (Fsp3) is 0.750. The number of hydrogen-bond acceptors (Lipinski definition) is 3. The molecule has 0 aliphatic heterocycles. The first-order valence-corrected chi connectivity index (χ1v) is 3.23. The van der Waals surface area contributed by atoms with E-state index in [1.54, 1.807) is 0 Å². The third kappa shape index (κ3) is 63.4. The van der Waals surface area contributed by atoms with Crippen LogP contribution in [0.3, 0.4) is 0 Å². The van der Waals surface area contributed by atoms with Gasteiger partial charge in [-0.25, -0.2) is 5.26 Å². The van der Waals surface area contributed by atoms with Crippen molar-refractivity contribution < 1.29 is 47.9 Å². The third-order valence-corrected chi connectivity index (χ3v) is 0.191. The molecule has 58 valence electrons. The van der Waals surface area contributed by atoms with Crippen LogP contribution in [0.15, 0.2) is 0 Å². The summed E-state index contributed by atoms with van der Waals surface area (Å²) >= 11 is -2.52. The molecule has 0 heterocycles. The van der Waals surface area contributed by atoms with E-state index in [0.717, 1.165) is 0 Å². The average molecular weight is 178 g/mol. The second kappa shape index (κ2) is 12.7. The van der Waals surface area contributed by atoms with Crippen molar-refractivity contribution in [1.29, 1.82) is 0 Å². The molecule has 0 aliphatic carbocycles. The first-order chi connectivity index (χ1) is 4.00.